The lowest BCUT2D eigenvalue weighted by Crippen LogP contribution is -2.13. The van der Waals surface area contributed by atoms with E-state index in [1.54, 1.807) is 0 Å². The first kappa shape index (κ1) is 17.1. The maximum absolute atomic E-state index is 6.03. The molecule has 3 heterocycles. The van der Waals surface area contributed by atoms with Gasteiger partial charge >= 0.3 is 0 Å². The van der Waals surface area contributed by atoms with Crippen molar-refractivity contribution in [3.8, 4) is 0 Å². The van der Waals surface area contributed by atoms with E-state index in [9.17, 15) is 0 Å². The second kappa shape index (κ2) is 5.85. The average Bonchev–Trinajstić information content (AvgIpc) is 3.20. The Morgan fingerprint density at radius 3 is 1.89 bits per heavy atom. The monoisotopic (exact) mass is 496 g/mol. The summed E-state index contributed by atoms with van der Waals surface area (Å²) in [6.07, 6.45) is 0.912. The van der Waals surface area contributed by atoms with Crippen LogP contribution in [-0.2, 0) is 4.74 Å². The van der Waals surface area contributed by atoms with Crippen LogP contribution >= 0.6 is 31.9 Å². The van der Waals surface area contributed by atoms with Crippen molar-refractivity contribution < 1.29 is 4.74 Å². The molecule has 1 aliphatic rings. The van der Waals surface area contributed by atoms with Crippen LogP contribution in [0, 0.1) is 0 Å². The molecule has 28 heavy (non-hydrogen) atoms. The fraction of sp³-hybridized carbons (Fsp3) is 0.217. The number of rotatable bonds is 1. The summed E-state index contributed by atoms with van der Waals surface area (Å²) in [4.78, 5) is 0. The maximum Gasteiger partial charge on any atom is 0.136 e. The predicted octanol–water partition coefficient (Wildman–Crippen LogP) is 7.54. The lowest BCUT2D eigenvalue weighted by atomic mass is 10.1. The van der Waals surface area contributed by atoms with Gasteiger partial charge < -0.3 is 13.9 Å². The van der Waals surface area contributed by atoms with Gasteiger partial charge in [-0.1, -0.05) is 36.4 Å². The third kappa shape index (κ3) is 1.92. The highest BCUT2D eigenvalue weighted by Gasteiger charge is 2.32. The number of nitrogens with zero attached hydrogens (tertiary/aromatic N) is 2. The van der Waals surface area contributed by atoms with Gasteiger partial charge in [-0.15, -0.1) is 0 Å². The SMILES string of the molecule is COC1C[C@H](C)n2c3ccccc3c3c(Br)c(Br)c4c5ccccc5n1c4c32. The molecule has 3 nitrogen and oxygen atoms in total. The van der Waals surface area contributed by atoms with Gasteiger partial charge in [-0.3, -0.25) is 0 Å². The molecule has 3 aromatic carbocycles. The van der Waals surface area contributed by atoms with Crippen LogP contribution in [0.3, 0.4) is 0 Å². The quantitative estimate of drug-likeness (QED) is 0.234. The molecule has 1 aliphatic heterocycles. The van der Waals surface area contributed by atoms with Crippen molar-refractivity contribution in [2.75, 3.05) is 7.11 Å². The van der Waals surface area contributed by atoms with Crippen LogP contribution in [0.4, 0.5) is 0 Å². The summed E-state index contributed by atoms with van der Waals surface area (Å²) in [5.41, 5.74) is 5.03. The fourth-order valence-electron chi connectivity index (χ4n) is 5.12. The highest BCUT2D eigenvalue weighted by Crippen LogP contribution is 2.51. The first-order chi connectivity index (χ1) is 13.6. The van der Waals surface area contributed by atoms with E-state index in [1.807, 2.05) is 7.11 Å². The van der Waals surface area contributed by atoms with E-state index in [2.05, 4.69) is 96.4 Å². The predicted molar refractivity (Wildman–Crippen MR) is 123 cm³/mol. The molecule has 5 heteroatoms. The fourth-order valence-corrected chi connectivity index (χ4v) is 6.32. The summed E-state index contributed by atoms with van der Waals surface area (Å²) in [6, 6.07) is 17.7. The molecule has 0 aliphatic carbocycles. The van der Waals surface area contributed by atoms with Crippen molar-refractivity contribution in [2.45, 2.75) is 25.6 Å². The normalized spacial score (nSPS) is 19.4. The Morgan fingerprint density at radius 2 is 1.32 bits per heavy atom. The summed E-state index contributed by atoms with van der Waals surface area (Å²) in [5.74, 6) is 0. The maximum atomic E-state index is 6.03. The molecule has 0 amide bonds. The van der Waals surface area contributed by atoms with E-state index in [-0.39, 0.29) is 6.23 Å². The van der Waals surface area contributed by atoms with E-state index < -0.39 is 0 Å². The first-order valence-electron chi connectivity index (χ1n) is 9.48. The van der Waals surface area contributed by atoms with Crippen molar-refractivity contribution in [3.05, 3.63) is 57.5 Å². The smallest absolute Gasteiger partial charge is 0.136 e. The Bertz CT molecular complexity index is 1430. The Morgan fingerprint density at radius 1 is 0.821 bits per heavy atom. The molecule has 0 saturated heterocycles. The van der Waals surface area contributed by atoms with Crippen molar-refractivity contribution in [1.82, 2.24) is 9.13 Å². The van der Waals surface area contributed by atoms with Gasteiger partial charge in [0.05, 0.1) is 16.6 Å². The van der Waals surface area contributed by atoms with Crippen LogP contribution in [0.25, 0.3) is 43.6 Å². The minimum atomic E-state index is -0.00709. The van der Waals surface area contributed by atoms with E-state index in [0.29, 0.717) is 6.04 Å². The summed E-state index contributed by atoms with van der Waals surface area (Å²) < 4.78 is 13.2. The molecular formula is C23H18Br2N2O. The van der Waals surface area contributed by atoms with Crippen LogP contribution in [0.5, 0.6) is 0 Å². The largest absolute Gasteiger partial charge is 0.361 e. The standard InChI is InChI=1S/C23H18Br2N2O/c1-12-11-17(28-2)27-16-10-6-4-8-14(16)19-21(25)20(24)18-13-7-3-5-9-15(13)26(12)22(18)23(19)27/h3-10,12,17H,11H2,1-2H3/t12-,17?/m0/s1. The summed E-state index contributed by atoms with van der Waals surface area (Å²) in [5, 5.41) is 5.05. The van der Waals surface area contributed by atoms with Gasteiger partial charge in [0.15, 0.2) is 0 Å². The van der Waals surface area contributed by atoms with E-state index in [0.717, 1.165) is 15.4 Å². The van der Waals surface area contributed by atoms with Crippen molar-refractivity contribution in [1.29, 1.82) is 0 Å². The minimum absolute atomic E-state index is 0.00709. The number of para-hydroxylation sites is 2. The lowest BCUT2D eigenvalue weighted by molar-refractivity contribution is 0.0356. The van der Waals surface area contributed by atoms with Crippen LogP contribution in [0.2, 0.25) is 0 Å². The number of aromatic nitrogens is 2. The number of ether oxygens (including phenoxy) is 1. The molecule has 2 aromatic heterocycles. The lowest BCUT2D eigenvalue weighted by Gasteiger charge is -2.21. The van der Waals surface area contributed by atoms with E-state index in [1.165, 1.54) is 43.6 Å². The molecule has 1 unspecified atom stereocenters. The van der Waals surface area contributed by atoms with E-state index in [4.69, 9.17) is 4.74 Å². The molecule has 0 saturated carbocycles. The molecule has 0 spiro atoms. The van der Waals surface area contributed by atoms with E-state index >= 15 is 0 Å². The zero-order valence-electron chi connectivity index (χ0n) is 15.5. The summed E-state index contributed by atoms with van der Waals surface area (Å²) in [7, 11) is 1.82. The van der Waals surface area contributed by atoms with Crippen LogP contribution < -0.4 is 0 Å². The van der Waals surface area contributed by atoms with Gasteiger partial charge in [-0.2, -0.15) is 0 Å². The highest BCUT2D eigenvalue weighted by atomic mass is 79.9. The van der Waals surface area contributed by atoms with Gasteiger partial charge in [0.25, 0.3) is 0 Å². The van der Waals surface area contributed by atoms with Crippen LogP contribution in [0.1, 0.15) is 25.6 Å². The summed E-state index contributed by atoms with van der Waals surface area (Å²) >= 11 is 7.86. The average molecular weight is 498 g/mol. The van der Waals surface area contributed by atoms with Gasteiger partial charge in [-0.05, 0) is 50.9 Å². The Hall–Kier alpha value is -1.82. The summed E-state index contributed by atoms with van der Waals surface area (Å²) in [6.45, 7) is 2.30. The Kier molecular flexibility index (Phi) is 3.57. The second-order valence-corrected chi connectivity index (χ2v) is 9.21. The van der Waals surface area contributed by atoms with Gasteiger partial charge in [0, 0.05) is 55.6 Å². The third-order valence-corrected chi connectivity index (χ3v) is 8.34. The van der Waals surface area contributed by atoms with Gasteiger partial charge in [0.1, 0.15) is 6.23 Å². The number of hydrogen-bond acceptors (Lipinski definition) is 1. The number of benzene rings is 3. The first-order valence-corrected chi connectivity index (χ1v) is 11.1. The van der Waals surface area contributed by atoms with Crippen molar-refractivity contribution in [2.24, 2.45) is 0 Å². The molecule has 0 bridgehead atoms. The number of methoxy groups -OCH3 is 1. The zero-order valence-corrected chi connectivity index (χ0v) is 18.7. The van der Waals surface area contributed by atoms with Crippen molar-refractivity contribution >= 4 is 75.5 Å². The topological polar surface area (TPSA) is 19.1 Å². The number of fused-ring (bicyclic) bond motifs is 6. The van der Waals surface area contributed by atoms with Crippen LogP contribution in [0.15, 0.2) is 57.5 Å². The molecule has 0 fully saturated rings. The molecule has 2 atom stereocenters. The van der Waals surface area contributed by atoms with Crippen molar-refractivity contribution in [3.63, 3.8) is 0 Å². The molecule has 0 N–H and O–H groups in total. The second-order valence-electron chi connectivity index (χ2n) is 7.62. The van der Waals surface area contributed by atoms with Gasteiger partial charge in [-0.25, -0.2) is 0 Å². The third-order valence-electron chi connectivity index (χ3n) is 6.22. The molecular weight excluding hydrogens is 480 g/mol. The molecule has 0 radical (unpaired) electrons. The zero-order chi connectivity index (χ0) is 19.2. The van der Waals surface area contributed by atoms with Gasteiger partial charge in [0.2, 0.25) is 0 Å². The Balaban J connectivity index is 2.04. The highest BCUT2D eigenvalue weighted by molar-refractivity contribution is 9.13. The van der Waals surface area contributed by atoms with Crippen LogP contribution in [-0.4, -0.2) is 16.2 Å². The Labute approximate surface area is 179 Å². The number of hydrogen-bond donors (Lipinski definition) is 0. The molecule has 140 valence electrons. The number of halogens is 2. The molecule has 5 aromatic rings. The molecule has 6 rings (SSSR count). The minimum Gasteiger partial charge on any atom is -0.361 e.